The molecule has 2 aliphatic rings. The fraction of sp³-hybridized carbons (Fsp3) is 0.933. The number of ether oxygens (including phenoxy) is 1. The van der Waals surface area contributed by atoms with E-state index in [1.165, 1.54) is 12.8 Å². The highest BCUT2D eigenvalue weighted by molar-refractivity contribution is 5.78. The maximum Gasteiger partial charge on any atom is 0.236 e. The van der Waals surface area contributed by atoms with Crippen LogP contribution in [-0.4, -0.2) is 60.1 Å². The van der Waals surface area contributed by atoms with Gasteiger partial charge in [-0.15, -0.1) is 0 Å². The van der Waals surface area contributed by atoms with E-state index in [4.69, 9.17) is 4.74 Å². The first-order chi connectivity index (χ1) is 9.10. The van der Waals surface area contributed by atoms with Crippen LogP contribution in [0.25, 0.3) is 0 Å². The van der Waals surface area contributed by atoms with Crippen molar-refractivity contribution < 1.29 is 9.53 Å². The molecule has 4 heteroatoms. The zero-order valence-electron chi connectivity index (χ0n) is 12.6. The summed E-state index contributed by atoms with van der Waals surface area (Å²) in [5.74, 6) is 0.313. The molecule has 19 heavy (non-hydrogen) atoms. The molecule has 0 saturated carbocycles. The quantitative estimate of drug-likeness (QED) is 0.783. The third-order valence-corrected chi connectivity index (χ3v) is 4.27. The lowest BCUT2D eigenvalue weighted by Gasteiger charge is -2.39. The van der Waals surface area contributed by atoms with Gasteiger partial charge in [0.2, 0.25) is 5.91 Å². The number of nitrogens with zero attached hydrogens (tertiary/aromatic N) is 2. The molecule has 110 valence electrons. The summed E-state index contributed by atoms with van der Waals surface area (Å²) < 4.78 is 5.72. The highest BCUT2D eigenvalue weighted by Crippen LogP contribution is 2.20. The molecular weight excluding hydrogens is 240 g/mol. The molecule has 3 atom stereocenters. The summed E-state index contributed by atoms with van der Waals surface area (Å²) in [7, 11) is 0. The van der Waals surface area contributed by atoms with Gasteiger partial charge < -0.3 is 9.64 Å². The molecule has 2 rings (SSSR count). The van der Waals surface area contributed by atoms with Gasteiger partial charge in [0.05, 0.1) is 18.8 Å². The van der Waals surface area contributed by atoms with E-state index in [2.05, 4.69) is 30.6 Å². The van der Waals surface area contributed by atoms with Crippen LogP contribution in [0.3, 0.4) is 0 Å². The zero-order chi connectivity index (χ0) is 13.8. The van der Waals surface area contributed by atoms with Gasteiger partial charge in [-0.1, -0.05) is 6.92 Å². The van der Waals surface area contributed by atoms with Crippen molar-refractivity contribution in [2.45, 2.75) is 64.7 Å². The van der Waals surface area contributed by atoms with Crippen molar-refractivity contribution in [3.05, 3.63) is 0 Å². The van der Waals surface area contributed by atoms with Crippen LogP contribution >= 0.6 is 0 Å². The van der Waals surface area contributed by atoms with Gasteiger partial charge in [-0.05, 0) is 39.5 Å². The first kappa shape index (κ1) is 14.8. The minimum absolute atomic E-state index is 0.236. The SMILES string of the molecule is CCC1CCCCN1C(=O)CN1CC(C)OC(C)C1. The summed E-state index contributed by atoms with van der Waals surface area (Å²) >= 11 is 0. The summed E-state index contributed by atoms with van der Waals surface area (Å²) in [5.41, 5.74) is 0. The standard InChI is InChI=1S/C15H28N2O2/c1-4-14-7-5-6-8-17(14)15(18)11-16-9-12(2)19-13(3)10-16/h12-14H,4-11H2,1-3H3. The Labute approximate surface area is 117 Å². The molecule has 0 radical (unpaired) electrons. The number of carbonyl (C=O) groups is 1. The second-order valence-electron chi connectivity index (χ2n) is 6.10. The largest absolute Gasteiger partial charge is 0.373 e. The summed E-state index contributed by atoms with van der Waals surface area (Å²) in [6.07, 6.45) is 5.17. The Kier molecular flexibility index (Phi) is 5.22. The minimum atomic E-state index is 0.236. The van der Waals surface area contributed by atoms with E-state index >= 15 is 0 Å². The normalized spacial score (nSPS) is 33.4. The van der Waals surface area contributed by atoms with Crippen molar-refractivity contribution in [2.75, 3.05) is 26.2 Å². The Bertz CT molecular complexity index is 299. The summed E-state index contributed by atoms with van der Waals surface area (Å²) in [6, 6.07) is 0.470. The van der Waals surface area contributed by atoms with E-state index in [0.717, 1.165) is 32.5 Å². The van der Waals surface area contributed by atoms with Crippen molar-refractivity contribution in [1.82, 2.24) is 9.80 Å². The first-order valence-corrected chi connectivity index (χ1v) is 7.77. The number of hydrogen-bond donors (Lipinski definition) is 0. The molecule has 0 aromatic heterocycles. The predicted octanol–water partition coefficient (Wildman–Crippen LogP) is 1.89. The molecule has 0 spiro atoms. The highest BCUT2D eigenvalue weighted by atomic mass is 16.5. The van der Waals surface area contributed by atoms with Crippen LogP contribution in [0.2, 0.25) is 0 Å². The highest BCUT2D eigenvalue weighted by Gasteiger charge is 2.29. The maximum absolute atomic E-state index is 12.5. The van der Waals surface area contributed by atoms with Crippen LogP contribution in [-0.2, 0) is 9.53 Å². The van der Waals surface area contributed by atoms with Crippen LogP contribution in [0.1, 0.15) is 46.5 Å². The zero-order valence-corrected chi connectivity index (χ0v) is 12.6. The monoisotopic (exact) mass is 268 g/mol. The number of rotatable bonds is 3. The lowest BCUT2D eigenvalue weighted by atomic mass is 10.00. The molecule has 0 aliphatic carbocycles. The molecule has 0 aromatic rings. The number of morpholine rings is 1. The molecule has 1 amide bonds. The lowest BCUT2D eigenvalue weighted by Crippen LogP contribution is -2.52. The Balaban J connectivity index is 1.88. The van der Waals surface area contributed by atoms with Gasteiger partial charge in [-0.3, -0.25) is 9.69 Å². The Morgan fingerprint density at radius 2 is 1.89 bits per heavy atom. The molecule has 0 aromatic carbocycles. The maximum atomic E-state index is 12.5. The fourth-order valence-electron chi connectivity index (χ4n) is 3.45. The van der Waals surface area contributed by atoms with Crippen LogP contribution in [0.4, 0.5) is 0 Å². The second-order valence-corrected chi connectivity index (χ2v) is 6.10. The van der Waals surface area contributed by atoms with Crippen molar-refractivity contribution in [1.29, 1.82) is 0 Å². The van der Waals surface area contributed by atoms with Gasteiger partial charge in [0.25, 0.3) is 0 Å². The number of likely N-dealkylation sites (tertiary alicyclic amines) is 1. The van der Waals surface area contributed by atoms with Gasteiger partial charge in [-0.2, -0.15) is 0 Å². The van der Waals surface area contributed by atoms with Crippen LogP contribution in [0.5, 0.6) is 0 Å². The van der Waals surface area contributed by atoms with E-state index < -0.39 is 0 Å². The summed E-state index contributed by atoms with van der Waals surface area (Å²) in [6.45, 7) is 9.63. The molecular formula is C15H28N2O2. The number of piperidine rings is 1. The van der Waals surface area contributed by atoms with E-state index in [9.17, 15) is 4.79 Å². The lowest BCUT2D eigenvalue weighted by molar-refractivity contribution is -0.139. The second kappa shape index (κ2) is 6.71. The summed E-state index contributed by atoms with van der Waals surface area (Å²) in [4.78, 5) is 16.9. The van der Waals surface area contributed by atoms with Gasteiger partial charge in [0, 0.05) is 25.7 Å². The van der Waals surface area contributed by atoms with Crippen LogP contribution in [0, 0.1) is 0 Å². The molecule has 2 heterocycles. The molecule has 3 unspecified atom stereocenters. The van der Waals surface area contributed by atoms with E-state index in [-0.39, 0.29) is 12.2 Å². The number of amides is 1. The topological polar surface area (TPSA) is 32.8 Å². The number of carbonyl (C=O) groups excluding carboxylic acids is 1. The molecule has 2 aliphatic heterocycles. The van der Waals surface area contributed by atoms with E-state index in [0.29, 0.717) is 18.5 Å². The number of hydrogen-bond acceptors (Lipinski definition) is 3. The average molecular weight is 268 g/mol. The van der Waals surface area contributed by atoms with Gasteiger partial charge in [-0.25, -0.2) is 0 Å². The van der Waals surface area contributed by atoms with Crippen molar-refractivity contribution in [3.8, 4) is 0 Å². The van der Waals surface area contributed by atoms with Crippen molar-refractivity contribution in [2.24, 2.45) is 0 Å². The van der Waals surface area contributed by atoms with E-state index in [1.54, 1.807) is 0 Å². The van der Waals surface area contributed by atoms with Crippen molar-refractivity contribution in [3.63, 3.8) is 0 Å². The molecule has 2 saturated heterocycles. The summed E-state index contributed by atoms with van der Waals surface area (Å²) in [5, 5.41) is 0. The average Bonchev–Trinajstić information content (AvgIpc) is 2.37. The molecule has 0 bridgehead atoms. The third-order valence-electron chi connectivity index (χ3n) is 4.27. The minimum Gasteiger partial charge on any atom is -0.373 e. The Morgan fingerprint density at radius 1 is 1.21 bits per heavy atom. The Morgan fingerprint density at radius 3 is 2.53 bits per heavy atom. The van der Waals surface area contributed by atoms with Crippen molar-refractivity contribution >= 4 is 5.91 Å². The van der Waals surface area contributed by atoms with E-state index in [1.807, 2.05) is 0 Å². The third kappa shape index (κ3) is 3.93. The van der Waals surface area contributed by atoms with Gasteiger partial charge >= 0.3 is 0 Å². The molecule has 0 N–H and O–H groups in total. The molecule has 2 fully saturated rings. The van der Waals surface area contributed by atoms with Crippen LogP contribution < -0.4 is 0 Å². The van der Waals surface area contributed by atoms with Gasteiger partial charge in [0.1, 0.15) is 0 Å². The fourth-order valence-corrected chi connectivity index (χ4v) is 3.45. The predicted molar refractivity (Wildman–Crippen MR) is 76.1 cm³/mol. The van der Waals surface area contributed by atoms with Crippen LogP contribution in [0.15, 0.2) is 0 Å². The van der Waals surface area contributed by atoms with Gasteiger partial charge in [0.15, 0.2) is 0 Å². The smallest absolute Gasteiger partial charge is 0.236 e. The molecule has 4 nitrogen and oxygen atoms in total. The Hall–Kier alpha value is -0.610. The first-order valence-electron chi connectivity index (χ1n) is 7.77.